The Balaban J connectivity index is 2.39. The van der Waals surface area contributed by atoms with Crippen LogP contribution in [0.2, 0.25) is 5.02 Å². The molecule has 2 atom stereocenters. The third kappa shape index (κ3) is 7.39. The summed E-state index contributed by atoms with van der Waals surface area (Å²) in [5.41, 5.74) is 0.550. The summed E-state index contributed by atoms with van der Waals surface area (Å²) in [5.74, 6) is -2.29. The van der Waals surface area contributed by atoms with E-state index in [1.165, 1.54) is 42.2 Å². The SMILES string of the molecule is CC[C@H](C)NC(=O)[C@@H](C)N(Cc1ccc(F)cc1)C(=O)CN(c1ccc(F)c(Cl)c1)S(C)(=O)=O. The second-order valence-corrected chi connectivity index (χ2v) is 10.3. The Kier molecular flexibility index (Phi) is 9.40. The van der Waals surface area contributed by atoms with Gasteiger partial charge in [0.2, 0.25) is 21.8 Å². The van der Waals surface area contributed by atoms with Gasteiger partial charge in [-0.05, 0) is 56.2 Å². The molecular formula is C23H28ClF2N3O4S. The molecule has 2 aromatic rings. The number of carbonyl (C=O) groups is 2. The van der Waals surface area contributed by atoms with Gasteiger partial charge in [-0.15, -0.1) is 0 Å². The van der Waals surface area contributed by atoms with Crippen LogP contribution in [0.4, 0.5) is 14.5 Å². The Labute approximate surface area is 203 Å². The van der Waals surface area contributed by atoms with Gasteiger partial charge in [-0.2, -0.15) is 0 Å². The van der Waals surface area contributed by atoms with Crippen molar-refractivity contribution in [3.05, 3.63) is 64.7 Å². The number of halogens is 3. The van der Waals surface area contributed by atoms with Crippen LogP contribution in [0.3, 0.4) is 0 Å². The molecular weight excluding hydrogens is 488 g/mol. The Hall–Kier alpha value is -2.72. The molecule has 0 bridgehead atoms. The van der Waals surface area contributed by atoms with Gasteiger partial charge in [0, 0.05) is 12.6 Å². The maximum absolute atomic E-state index is 13.6. The zero-order valence-electron chi connectivity index (χ0n) is 19.4. The van der Waals surface area contributed by atoms with Crippen LogP contribution in [-0.2, 0) is 26.2 Å². The minimum Gasteiger partial charge on any atom is -0.352 e. The highest BCUT2D eigenvalue weighted by Gasteiger charge is 2.30. The van der Waals surface area contributed by atoms with E-state index < -0.39 is 46.1 Å². The smallest absolute Gasteiger partial charge is 0.244 e. The highest BCUT2D eigenvalue weighted by Crippen LogP contribution is 2.25. The number of anilines is 1. The van der Waals surface area contributed by atoms with Crippen LogP contribution >= 0.6 is 11.6 Å². The molecule has 0 saturated heterocycles. The first-order chi connectivity index (χ1) is 15.8. The lowest BCUT2D eigenvalue weighted by atomic mass is 10.1. The summed E-state index contributed by atoms with van der Waals surface area (Å²) in [6.45, 7) is 4.53. The van der Waals surface area contributed by atoms with Crippen molar-refractivity contribution in [2.45, 2.75) is 45.8 Å². The van der Waals surface area contributed by atoms with Gasteiger partial charge in [-0.1, -0.05) is 30.7 Å². The van der Waals surface area contributed by atoms with Crippen molar-refractivity contribution in [2.24, 2.45) is 0 Å². The van der Waals surface area contributed by atoms with E-state index in [0.29, 0.717) is 12.0 Å². The highest BCUT2D eigenvalue weighted by atomic mass is 35.5. The fourth-order valence-corrected chi connectivity index (χ4v) is 4.10. The molecule has 0 aliphatic carbocycles. The lowest BCUT2D eigenvalue weighted by Gasteiger charge is -2.32. The molecule has 11 heteroatoms. The number of rotatable bonds is 10. The molecule has 0 radical (unpaired) electrons. The van der Waals surface area contributed by atoms with Crippen molar-refractivity contribution in [1.29, 1.82) is 0 Å². The molecule has 0 saturated carbocycles. The molecule has 2 aromatic carbocycles. The lowest BCUT2D eigenvalue weighted by Crippen LogP contribution is -2.52. The van der Waals surface area contributed by atoms with Crippen molar-refractivity contribution in [2.75, 3.05) is 17.1 Å². The van der Waals surface area contributed by atoms with Crippen LogP contribution in [0.25, 0.3) is 0 Å². The molecule has 0 aromatic heterocycles. The van der Waals surface area contributed by atoms with Crippen molar-refractivity contribution in [3.63, 3.8) is 0 Å². The van der Waals surface area contributed by atoms with Crippen molar-refractivity contribution in [3.8, 4) is 0 Å². The van der Waals surface area contributed by atoms with Gasteiger partial charge in [0.05, 0.1) is 17.0 Å². The number of hydrogen-bond acceptors (Lipinski definition) is 4. The molecule has 0 heterocycles. The molecule has 34 heavy (non-hydrogen) atoms. The second-order valence-electron chi connectivity index (χ2n) is 8.01. The van der Waals surface area contributed by atoms with Crippen LogP contribution in [0.5, 0.6) is 0 Å². The van der Waals surface area contributed by atoms with E-state index >= 15 is 0 Å². The third-order valence-electron chi connectivity index (χ3n) is 5.30. The number of sulfonamides is 1. The number of hydrogen-bond donors (Lipinski definition) is 1. The van der Waals surface area contributed by atoms with E-state index in [9.17, 15) is 26.8 Å². The molecule has 0 unspecified atom stereocenters. The minimum absolute atomic E-state index is 0.000641. The fourth-order valence-electron chi connectivity index (χ4n) is 3.09. The number of benzene rings is 2. The maximum atomic E-state index is 13.6. The molecule has 0 aliphatic heterocycles. The average Bonchev–Trinajstić information content (AvgIpc) is 2.77. The summed E-state index contributed by atoms with van der Waals surface area (Å²) >= 11 is 5.81. The van der Waals surface area contributed by atoms with E-state index in [1.54, 1.807) is 0 Å². The van der Waals surface area contributed by atoms with Gasteiger partial charge in [0.15, 0.2) is 0 Å². The molecule has 2 amide bonds. The largest absolute Gasteiger partial charge is 0.352 e. The predicted molar refractivity (Wildman–Crippen MR) is 128 cm³/mol. The van der Waals surface area contributed by atoms with Gasteiger partial charge < -0.3 is 10.2 Å². The minimum atomic E-state index is -3.97. The summed E-state index contributed by atoms with van der Waals surface area (Å²) in [4.78, 5) is 27.4. The Morgan fingerprint density at radius 3 is 2.24 bits per heavy atom. The predicted octanol–water partition coefficient (Wildman–Crippen LogP) is 3.72. The van der Waals surface area contributed by atoms with Crippen LogP contribution in [0.1, 0.15) is 32.8 Å². The zero-order chi connectivity index (χ0) is 25.6. The number of carbonyl (C=O) groups excluding carboxylic acids is 2. The van der Waals surface area contributed by atoms with Crippen LogP contribution in [0, 0.1) is 11.6 Å². The van der Waals surface area contributed by atoms with Crippen molar-refractivity contribution < 1.29 is 26.8 Å². The van der Waals surface area contributed by atoms with Crippen molar-refractivity contribution in [1.82, 2.24) is 10.2 Å². The van der Waals surface area contributed by atoms with Gasteiger partial charge in [-0.25, -0.2) is 17.2 Å². The topological polar surface area (TPSA) is 86.8 Å². The first-order valence-electron chi connectivity index (χ1n) is 10.6. The highest BCUT2D eigenvalue weighted by molar-refractivity contribution is 7.92. The summed E-state index contributed by atoms with van der Waals surface area (Å²) in [7, 11) is -3.97. The van der Waals surface area contributed by atoms with E-state index in [1.807, 2.05) is 13.8 Å². The van der Waals surface area contributed by atoms with Crippen LogP contribution in [-0.4, -0.2) is 50.0 Å². The van der Waals surface area contributed by atoms with Gasteiger partial charge >= 0.3 is 0 Å². The molecule has 0 fully saturated rings. The van der Waals surface area contributed by atoms with E-state index in [4.69, 9.17) is 11.6 Å². The van der Waals surface area contributed by atoms with E-state index in [-0.39, 0.29) is 23.3 Å². The average molecular weight is 516 g/mol. The Morgan fingerprint density at radius 1 is 1.09 bits per heavy atom. The number of amides is 2. The van der Waals surface area contributed by atoms with Gasteiger partial charge in [-0.3, -0.25) is 13.9 Å². The number of nitrogens with one attached hydrogen (secondary N) is 1. The van der Waals surface area contributed by atoms with Crippen LogP contribution < -0.4 is 9.62 Å². The second kappa shape index (κ2) is 11.6. The summed E-state index contributed by atoms with van der Waals surface area (Å²) in [6.07, 6.45) is 1.58. The molecule has 0 aliphatic rings. The quantitative estimate of drug-likeness (QED) is 0.522. The lowest BCUT2D eigenvalue weighted by molar-refractivity contribution is -0.139. The molecule has 186 valence electrons. The van der Waals surface area contributed by atoms with E-state index in [2.05, 4.69) is 5.32 Å². The monoisotopic (exact) mass is 515 g/mol. The van der Waals surface area contributed by atoms with Crippen molar-refractivity contribution >= 4 is 39.1 Å². The molecule has 0 spiro atoms. The zero-order valence-corrected chi connectivity index (χ0v) is 21.0. The van der Waals surface area contributed by atoms with E-state index in [0.717, 1.165) is 22.7 Å². The summed E-state index contributed by atoms with van der Waals surface area (Å²) in [6, 6.07) is 7.62. The van der Waals surface area contributed by atoms with Gasteiger partial charge in [0.25, 0.3) is 0 Å². The molecule has 7 nitrogen and oxygen atoms in total. The molecule has 2 rings (SSSR count). The summed E-state index contributed by atoms with van der Waals surface area (Å²) < 4.78 is 52.7. The Bertz CT molecular complexity index is 1130. The first kappa shape index (κ1) is 27.5. The normalized spacial score (nSPS) is 13.1. The van der Waals surface area contributed by atoms with Gasteiger partial charge in [0.1, 0.15) is 24.2 Å². The molecule has 1 N–H and O–H groups in total. The first-order valence-corrected chi connectivity index (χ1v) is 12.8. The maximum Gasteiger partial charge on any atom is 0.244 e. The standard InChI is InChI=1S/C23H28ClF2N3O4S/c1-5-15(2)27-23(31)16(3)28(13-17-6-8-18(25)9-7-17)22(30)14-29(34(4,32)33)19-10-11-21(26)20(24)12-19/h6-12,15-16H,5,13-14H2,1-4H3,(H,27,31)/t15-,16+/m0/s1. The summed E-state index contributed by atoms with van der Waals surface area (Å²) in [5, 5.41) is 2.50. The third-order valence-corrected chi connectivity index (χ3v) is 6.74. The Morgan fingerprint density at radius 2 is 1.71 bits per heavy atom. The van der Waals surface area contributed by atoms with Crippen LogP contribution in [0.15, 0.2) is 42.5 Å². The fraction of sp³-hybridized carbons (Fsp3) is 0.391. The number of nitrogens with zero attached hydrogens (tertiary/aromatic N) is 2.